The second-order valence-electron chi connectivity index (χ2n) is 6.98. The molecule has 0 aliphatic heterocycles. The van der Waals surface area contributed by atoms with Crippen molar-refractivity contribution in [3.05, 3.63) is 35.4 Å². The number of benzene rings is 1. The first kappa shape index (κ1) is 21.0. The average Bonchev–Trinajstić information content (AvgIpc) is 3.13. The van der Waals surface area contributed by atoms with Crippen LogP contribution in [0.15, 0.2) is 24.3 Å². The first-order valence-corrected chi connectivity index (χ1v) is 9.70. The molecule has 2 aromatic rings. The van der Waals surface area contributed by atoms with E-state index in [4.69, 9.17) is 20.5 Å². The highest BCUT2D eigenvalue weighted by Gasteiger charge is 2.30. The number of ether oxygens (including phenoxy) is 2. The van der Waals surface area contributed by atoms with Gasteiger partial charge in [-0.1, -0.05) is 12.1 Å². The van der Waals surface area contributed by atoms with Crippen LogP contribution in [0.25, 0.3) is 11.4 Å². The minimum Gasteiger partial charge on any atom is -0.474 e. The van der Waals surface area contributed by atoms with Crippen molar-refractivity contribution in [1.82, 2.24) is 15.3 Å². The first-order valence-electron chi connectivity index (χ1n) is 9.70. The van der Waals surface area contributed by atoms with Crippen molar-refractivity contribution in [2.24, 2.45) is 0 Å². The summed E-state index contributed by atoms with van der Waals surface area (Å²) < 4.78 is 11.1. The number of nitrogens with two attached hydrogens (primary N) is 1. The molecule has 1 aromatic heterocycles. The van der Waals surface area contributed by atoms with Gasteiger partial charge < -0.3 is 20.5 Å². The van der Waals surface area contributed by atoms with Crippen molar-refractivity contribution >= 4 is 17.7 Å². The number of hydrogen-bond donors (Lipinski definition) is 2. The molecule has 1 fully saturated rings. The highest BCUT2D eigenvalue weighted by atomic mass is 16.5. The number of anilines is 1. The van der Waals surface area contributed by atoms with Crippen molar-refractivity contribution in [3.8, 4) is 23.3 Å². The molecule has 0 radical (unpaired) electrons. The summed E-state index contributed by atoms with van der Waals surface area (Å²) in [5.41, 5.74) is 7.06. The van der Waals surface area contributed by atoms with E-state index < -0.39 is 5.97 Å². The van der Waals surface area contributed by atoms with Crippen molar-refractivity contribution < 1.29 is 19.1 Å². The van der Waals surface area contributed by atoms with Gasteiger partial charge in [0.05, 0.1) is 18.2 Å². The number of carbonyl (C=O) groups excluding carboxylic acids is 2. The second kappa shape index (κ2) is 9.22. The normalized spacial score (nSPS) is 17.8. The fourth-order valence-corrected chi connectivity index (χ4v) is 3.42. The number of rotatable bonds is 6. The van der Waals surface area contributed by atoms with Gasteiger partial charge in [-0.05, 0) is 31.9 Å². The summed E-state index contributed by atoms with van der Waals surface area (Å²) in [6.07, 6.45) is 1.79. The monoisotopic (exact) mass is 409 g/mol. The molecule has 0 unspecified atom stereocenters. The molecule has 1 aromatic carbocycles. The maximum Gasteiger partial charge on any atom is 0.347 e. The van der Waals surface area contributed by atoms with Crippen LogP contribution in [0.5, 0.6) is 5.88 Å². The van der Waals surface area contributed by atoms with Crippen LogP contribution in [0.2, 0.25) is 0 Å². The third-order valence-corrected chi connectivity index (χ3v) is 4.70. The zero-order valence-electron chi connectivity index (χ0n) is 16.8. The van der Waals surface area contributed by atoms with E-state index in [0.29, 0.717) is 24.0 Å². The number of amides is 1. The van der Waals surface area contributed by atoms with Gasteiger partial charge in [-0.25, -0.2) is 9.78 Å². The summed E-state index contributed by atoms with van der Waals surface area (Å²) in [7, 11) is 0. The molecular weight excluding hydrogens is 386 g/mol. The molecule has 0 spiro atoms. The van der Waals surface area contributed by atoms with E-state index in [9.17, 15) is 9.59 Å². The zero-order valence-corrected chi connectivity index (χ0v) is 16.8. The molecule has 0 saturated heterocycles. The van der Waals surface area contributed by atoms with E-state index in [1.165, 1.54) is 6.92 Å². The summed E-state index contributed by atoms with van der Waals surface area (Å²) in [5, 5.41) is 12.0. The Labute approximate surface area is 174 Å². The molecule has 3 rings (SSSR count). The van der Waals surface area contributed by atoms with Crippen LogP contribution in [-0.4, -0.2) is 40.6 Å². The Morgan fingerprint density at radius 3 is 2.83 bits per heavy atom. The predicted octanol–water partition coefficient (Wildman–Crippen LogP) is 2.21. The van der Waals surface area contributed by atoms with Crippen molar-refractivity contribution in [1.29, 1.82) is 5.26 Å². The van der Waals surface area contributed by atoms with Crippen LogP contribution in [0.3, 0.4) is 0 Å². The first-order chi connectivity index (χ1) is 14.4. The lowest BCUT2D eigenvalue weighted by atomic mass is 10.1. The summed E-state index contributed by atoms with van der Waals surface area (Å²) in [6.45, 7) is 3.32. The van der Waals surface area contributed by atoms with E-state index in [1.807, 2.05) is 0 Å². The van der Waals surface area contributed by atoms with Crippen molar-refractivity contribution in [3.63, 3.8) is 0 Å². The predicted molar refractivity (Wildman–Crippen MR) is 108 cm³/mol. The highest BCUT2D eigenvalue weighted by Crippen LogP contribution is 2.31. The number of carbonyl (C=O) groups is 2. The molecule has 9 heteroatoms. The molecule has 1 heterocycles. The van der Waals surface area contributed by atoms with Gasteiger partial charge in [0.2, 0.25) is 11.8 Å². The lowest BCUT2D eigenvalue weighted by Gasteiger charge is -2.17. The van der Waals surface area contributed by atoms with E-state index >= 15 is 0 Å². The molecule has 0 bridgehead atoms. The molecule has 2 atom stereocenters. The van der Waals surface area contributed by atoms with E-state index in [2.05, 4.69) is 21.4 Å². The smallest absolute Gasteiger partial charge is 0.347 e. The Bertz CT molecular complexity index is 1000. The van der Waals surface area contributed by atoms with Gasteiger partial charge in [0.25, 0.3) is 0 Å². The standard InChI is InChI=1S/C21H23N5O4/c1-3-29-21(28)17-18(23)25-19(14-6-4-5-13(9-14)11-22)26-20(17)30-16-8-7-15(10-16)24-12(2)27/h4-6,9,15-16H,3,7-8,10H2,1-2H3,(H,24,27)(H2,23,25,26)/t15-,16+/m1/s1. The Morgan fingerprint density at radius 2 is 2.13 bits per heavy atom. The van der Waals surface area contributed by atoms with Crippen molar-refractivity contribution in [2.75, 3.05) is 12.3 Å². The van der Waals surface area contributed by atoms with Crippen LogP contribution in [-0.2, 0) is 9.53 Å². The highest BCUT2D eigenvalue weighted by molar-refractivity contribution is 5.97. The summed E-state index contributed by atoms with van der Waals surface area (Å²) in [5.74, 6) is -0.555. The van der Waals surface area contributed by atoms with Crippen LogP contribution in [0, 0.1) is 11.3 Å². The Hall–Kier alpha value is -3.67. The number of nitrogens with one attached hydrogen (secondary N) is 1. The number of nitriles is 1. The quantitative estimate of drug-likeness (QED) is 0.692. The topological polar surface area (TPSA) is 140 Å². The van der Waals surface area contributed by atoms with Gasteiger partial charge in [-0.2, -0.15) is 10.2 Å². The van der Waals surface area contributed by atoms with Gasteiger partial charge in [0, 0.05) is 24.9 Å². The molecule has 1 aliphatic rings. The molecule has 1 amide bonds. The largest absolute Gasteiger partial charge is 0.474 e. The SMILES string of the molecule is CCOC(=O)c1c(N)nc(-c2cccc(C#N)c2)nc1O[C@H]1CC[C@@H](NC(C)=O)C1. The second-order valence-corrected chi connectivity index (χ2v) is 6.98. The van der Waals surface area contributed by atoms with Crippen molar-refractivity contribution in [2.45, 2.75) is 45.3 Å². The lowest BCUT2D eigenvalue weighted by Crippen LogP contribution is -2.31. The third kappa shape index (κ3) is 4.84. The molecule has 1 aliphatic carbocycles. The average molecular weight is 409 g/mol. The van der Waals surface area contributed by atoms with Crippen LogP contribution in [0.4, 0.5) is 5.82 Å². The van der Waals surface area contributed by atoms with Gasteiger partial charge in [0.15, 0.2) is 11.4 Å². The van der Waals surface area contributed by atoms with E-state index in [1.54, 1.807) is 31.2 Å². The van der Waals surface area contributed by atoms with E-state index in [-0.39, 0.29) is 47.7 Å². The number of aromatic nitrogens is 2. The van der Waals surface area contributed by atoms with Gasteiger partial charge in [-0.15, -0.1) is 0 Å². The fourth-order valence-electron chi connectivity index (χ4n) is 3.42. The third-order valence-electron chi connectivity index (χ3n) is 4.70. The van der Waals surface area contributed by atoms with Crippen LogP contribution in [0.1, 0.15) is 49.0 Å². The van der Waals surface area contributed by atoms with E-state index in [0.717, 1.165) is 6.42 Å². The maximum atomic E-state index is 12.5. The lowest BCUT2D eigenvalue weighted by molar-refractivity contribution is -0.119. The fraction of sp³-hybridized carbons (Fsp3) is 0.381. The number of hydrogen-bond acceptors (Lipinski definition) is 8. The minimum absolute atomic E-state index is 0.00417. The van der Waals surface area contributed by atoms with Crippen LogP contribution >= 0.6 is 0 Å². The molecule has 156 valence electrons. The molecule has 1 saturated carbocycles. The molecule has 30 heavy (non-hydrogen) atoms. The molecule has 9 nitrogen and oxygen atoms in total. The Kier molecular flexibility index (Phi) is 6.47. The summed E-state index contributed by atoms with van der Waals surface area (Å²) in [6, 6.07) is 8.82. The number of esters is 1. The maximum absolute atomic E-state index is 12.5. The van der Waals surface area contributed by atoms with Gasteiger partial charge in [0.1, 0.15) is 11.9 Å². The molecule has 3 N–H and O–H groups in total. The minimum atomic E-state index is -0.668. The molecular formula is C21H23N5O4. The number of nitrogens with zero attached hydrogens (tertiary/aromatic N) is 3. The van der Waals surface area contributed by atoms with Gasteiger partial charge >= 0.3 is 5.97 Å². The Balaban J connectivity index is 1.95. The van der Waals surface area contributed by atoms with Crippen LogP contribution < -0.4 is 15.8 Å². The summed E-state index contributed by atoms with van der Waals surface area (Å²) in [4.78, 5) is 32.4. The number of nitrogen functional groups attached to an aromatic ring is 1. The van der Waals surface area contributed by atoms with Gasteiger partial charge in [-0.3, -0.25) is 4.79 Å². The summed E-state index contributed by atoms with van der Waals surface area (Å²) >= 11 is 0. The zero-order chi connectivity index (χ0) is 21.7. The Morgan fingerprint density at radius 1 is 1.33 bits per heavy atom.